The molecule has 0 aliphatic rings. The van der Waals surface area contributed by atoms with Gasteiger partial charge in [0.05, 0.1) is 0 Å². The number of hydrogen-bond donors (Lipinski definition) is 1. The highest BCUT2D eigenvalue weighted by molar-refractivity contribution is 6.09. The fraction of sp³-hybridized carbons (Fsp3) is 0.0800. The number of hydrogen-bond acceptors (Lipinski definition) is 3. The van der Waals surface area contributed by atoms with Crippen LogP contribution in [0.5, 0.6) is 11.5 Å². The van der Waals surface area contributed by atoms with E-state index < -0.39 is 5.91 Å². The summed E-state index contributed by atoms with van der Waals surface area (Å²) in [6.45, 7) is 3.94. The molecule has 0 bridgehead atoms. The maximum Gasteiger partial charge on any atom is 0.255 e. The molecule has 4 aromatic rings. The van der Waals surface area contributed by atoms with Crippen molar-refractivity contribution in [2.45, 2.75) is 0 Å². The van der Waals surface area contributed by atoms with Gasteiger partial charge in [-0.1, -0.05) is 73.3 Å². The second-order valence-corrected chi connectivity index (χ2v) is 6.67. The Bertz CT molecular complexity index is 1210. The van der Waals surface area contributed by atoms with Crippen molar-refractivity contribution in [3.05, 3.63) is 85.5 Å². The zero-order valence-corrected chi connectivity index (χ0v) is 15.9. The van der Waals surface area contributed by atoms with E-state index in [0.717, 1.165) is 38.4 Å². The summed E-state index contributed by atoms with van der Waals surface area (Å²) in [6, 6.07) is 24.0. The summed E-state index contributed by atoms with van der Waals surface area (Å²) in [4.78, 5) is 11.4. The molecule has 0 saturated heterocycles. The predicted octanol–water partition coefficient (Wildman–Crippen LogP) is 5.09. The van der Waals surface area contributed by atoms with Crippen LogP contribution in [0.3, 0.4) is 0 Å². The van der Waals surface area contributed by atoms with Gasteiger partial charge in [0.2, 0.25) is 0 Å². The second-order valence-electron chi connectivity index (χ2n) is 6.67. The Balaban J connectivity index is 2.07. The third-order valence-electron chi connectivity index (χ3n) is 4.76. The number of benzene rings is 4. The molecule has 0 spiro atoms. The lowest BCUT2D eigenvalue weighted by Crippen LogP contribution is -2.20. The van der Waals surface area contributed by atoms with Gasteiger partial charge in [-0.05, 0) is 33.7 Å². The molecular formula is C25H21NO3. The lowest BCUT2D eigenvalue weighted by atomic mass is 9.92. The van der Waals surface area contributed by atoms with Crippen molar-refractivity contribution < 1.29 is 14.3 Å². The van der Waals surface area contributed by atoms with Crippen LogP contribution in [0.15, 0.2) is 85.5 Å². The SMILES string of the molecule is C=CCOc1ccc2ccccc2c1-c1c(OCC(N)=O)ccc2ccccc12. The van der Waals surface area contributed by atoms with E-state index in [1.807, 2.05) is 60.7 Å². The second kappa shape index (κ2) is 8.07. The van der Waals surface area contributed by atoms with Gasteiger partial charge in [-0.2, -0.15) is 0 Å². The molecule has 4 rings (SSSR count). The normalized spacial score (nSPS) is 10.8. The maximum atomic E-state index is 11.4. The fourth-order valence-corrected chi connectivity index (χ4v) is 3.56. The molecule has 0 heterocycles. The molecule has 1 amide bonds. The molecule has 0 aliphatic heterocycles. The lowest BCUT2D eigenvalue weighted by molar-refractivity contribution is -0.119. The van der Waals surface area contributed by atoms with Gasteiger partial charge >= 0.3 is 0 Å². The molecule has 0 fully saturated rings. The molecule has 0 atom stereocenters. The van der Waals surface area contributed by atoms with Gasteiger partial charge in [0.15, 0.2) is 6.61 Å². The fourth-order valence-electron chi connectivity index (χ4n) is 3.56. The molecule has 4 heteroatoms. The van der Waals surface area contributed by atoms with Crippen molar-refractivity contribution in [2.75, 3.05) is 13.2 Å². The third kappa shape index (κ3) is 3.65. The van der Waals surface area contributed by atoms with Gasteiger partial charge < -0.3 is 15.2 Å². The zero-order valence-electron chi connectivity index (χ0n) is 15.9. The Kier molecular flexibility index (Phi) is 5.16. The van der Waals surface area contributed by atoms with E-state index >= 15 is 0 Å². The van der Waals surface area contributed by atoms with Crippen LogP contribution in [0.1, 0.15) is 0 Å². The van der Waals surface area contributed by atoms with E-state index in [1.165, 1.54) is 0 Å². The minimum atomic E-state index is -0.523. The molecule has 4 aromatic carbocycles. The first-order valence-corrected chi connectivity index (χ1v) is 9.37. The van der Waals surface area contributed by atoms with Crippen molar-refractivity contribution in [1.29, 1.82) is 0 Å². The van der Waals surface area contributed by atoms with Crippen molar-refractivity contribution in [1.82, 2.24) is 0 Å². The number of carbonyl (C=O) groups is 1. The van der Waals surface area contributed by atoms with Crippen LogP contribution in [0.25, 0.3) is 32.7 Å². The first kappa shape index (κ1) is 18.6. The summed E-state index contributed by atoms with van der Waals surface area (Å²) in [7, 11) is 0. The summed E-state index contributed by atoms with van der Waals surface area (Å²) >= 11 is 0. The summed E-state index contributed by atoms with van der Waals surface area (Å²) in [6.07, 6.45) is 1.71. The molecule has 0 aliphatic carbocycles. The standard InChI is InChI=1S/C25H21NO3/c1-2-15-28-21-13-11-17-7-3-5-9-19(17)24(21)25-20-10-6-4-8-18(20)12-14-22(25)29-16-23(26)27/h2-14H,1,15-16H2,(H2,26,27). The quantitative estimate of drug-likeness (QED) is 0.452. The monoisotopic (exact) mass is 383 g/mol. The molecule has 29 heavy (non-hydrogen) atoms. The molecule has 2 N–H and O–H groups in total. The van der Waals surface area contributed by atoms with E-state index in [1.54, 1.807) is 6.08 Å². The molecule has 4 nitrogen and oxygen atoms in total. The van der Waals surface area contributed by atoms with E-state index in [-0.39, 0.29) is 6.61 Å². The average Bonchev–Trinajstić information content (AvgIpc) is 2.75. The molecular weight excluding hydrogens is 362 g/mol. The van der Waals surface area contributed by atoms with E-state index in [9.17, 15) is 4.79 Å². The Morgan fingerprint density at radius 2 is 1.31 bits per heavy atom. The Labute approximate surface area is 169 Å². The van der Waals surface area contributed by atoms with Gasteiger partial charge in [-0.15, -0.1) is 0 Å². The number of primary amides is 1. The Morgan fingerprint density at radius 3 is 1.83 bits per heavy atom. The minimum Gasteiger partial charge on any atom is -0.489 e. The summed E-state index contributed by atoms with van der Waals surface area (Å²) in [5.74, 6) is 0.788. The van der Waals surface area contributed by atoms with Crippen molar-refractivity contribution in [2.24, 2.45) is 5.73 Å². The van der Waals surface area contributed by atoms with Crippen molar-refractivity contribution in [3.8, 4) is 22.6 Å². The van der Waals surface area contributed by atoms with E-state index in [2.05, 4.69) is 18.7 Å². The van der Waals surface area contributed by atoms with Crippen LogP contribution in [0.2, 0.25) is 0 Å². The van der Waals surface area contributed by atoms with Gasteiger partial charge in [0.25, 0.3) is 5.91 Å². The highest BCUT2D eigenvalue weighted by Crippen LogP contribution is 2.45. The number of rotatable bonds is 7. The third-order valence-corrected chi connectivity index (χ3v) is 4.76. The van der Waals surface area contributed by atoms with Crippen LogP contribution < -0.4 is 15.2 Å². The topological polar surface area (TPSA) is 61.6 Å². The number of nitrogens with two attached hydrogens (primary N) is 1. The highest BCUT2D eigenvalue weighted by Gasteiger charge is 2.19. The number of carbonyl (C=O) groups excluding carboxylic acids is 1. The Morgan fingerprint density at radius 1 is 0.793 bits per heavy atom. The summed E-state index contributed by atoms with van der Waals surface area (Å²) in [5.41, 5.74) is 7.12. The molecule has 0 saturated carbocycles. The number of fused-ring (bicyclic) bond motifs is 2. The van der Waals surface area contributed by atoms with Crippen LogP contribution in [0, 0.1) is 0 Å². The van der Waals surface area contributed by atoms with Crippen LogP contribution in [-0.2, 0) is 4.79 Å². The van der Waals surface area contributed by atoms with Gasteiger partial charge in [-0.3, -0.25) is 4.79 Å². The predicted molar refractivity (Wildman–Crippen MR) is 117 cm³/mol. The highest BCUT2D eigenvalue weighted by atomic mass is 16.5. The smallest absolute Gasteiger partial charge is 0.255 e. The maximum absolute atomic E-state index is 11.4. The first-order valence-electron chi connectivity index (χ1n) is 9.37. The van der Waals surface area contributed by atoms with E-state index in [4.69, 9.17) is 15.2 Å². The van der Waals surface area contributed by atoms with Gasteiger partial charge in [0.1, 0.15) is 18.1 Å². The van der Waals surface area contributed by atoms with Crippen LogP contribution in [-0.4, -0.2) is 19.1 Å². The van der Waals surface area contributed by atoms with Crippen molar-refractivity contribution >= 4 is 27.5 Å². The minimum absolute atomic E-state index is 0.195. The lowest BCUT2D eigenvalue weighted by Gasteiger charge is -2.19. The van der Waals surface area contributed by atoms with Gasteiger partial charge in [-0.25, -0.2) is 0 Å². The average molecular weight is 383 g/mol. The first-order chi connectivity index (χ1) is 14.2. The number of ether oxygens (including phenoxy) is 2. The Hall–Kier alpha value is -3.79. The molecule has 0 radical (unpaired) electrons. The van der Waals surface area contributed by atoms with Crippen molar-refractivity contribution in [3.63, 3.8) is 0 Å². The summed E-state index contributed by atoms with van der Waals surface area (Å²) < 4.78 is 11.8. The zero-order chi connectivity index (χ0) is 20.2. The molecule has 144 valence electrons. The van der Waals surface area contributed by atoms with Crippen LogP contribution >= 0.6 is 0 Å². The largest absolute Gasteiger partial charge is 0.489 e. The molecule has 0 aromatic heterocycles. The van der Waals surface area contributed by atoms with E-state index in [0.29, 0.717) is 12.4 Å². The van der Waals surface area contributed by atoms with Gasteiger partial charge in [0, 0.05) is 11.1 Å². The summed E-state index contributed by atoms with van der Waals surface area (Å²) in [5, 5.41) is 4.20. The number of amides is 1. The van der Waals surface area contributed by atoms with Crippen LogP contribution in [0.4, 0.5) is 0 Å². The molecule has 0 unspecified atom stereocenters.